The first kappa shape index (κ1) is 13.3. The van der Waals surface area contributed by atoms with Gasteiger partial charge in [-0.15, -0.1) is 0 Å². The molecule has 1 saturated heterocycles. The number of ether oxygens (including phenoxy) is 1. The third-order valence-electron chi connectivity index (χ3n) is 3.67. The van der Waals surface area contributed by atoms with Gasteiger partial charge in [0, 0.05) is 25.8 Å². The molecule has 1 heterocycles. The predicted molar refractivity (Wildman–Crippen MR) is 68.0 cm³/mol. The number of phenols is 1. The first-order valence-corrected chi connectivity index (χ1v) is 6.27. The van der Waals surface area contributed by atoms with Crippen LogP contribution in [0.1, 0.15) is 25.3 Å². The molecule has 1 unspecified atom stereocenters. The highest BCUT2D eigenvalue weighted by Crippen LogP contribution is 2.27. The average molecular weight is 253 g/mol. The predicted octanol–water partition coefficient (Wildman–Crippen LogP) is 2.53. The van der Waals surface area contributed by atoms with E-state index in [1.807, 2.05) is 0 Å². The number of halogens is 1. The van der Waals surface area contributed by atoms with E-state index in [2.05, 4.69) is 11.8 Å². The number of aromatic hydroxyl groups is 1. The number of benzene rings is 1. The van der Waals surface area contributed by atoms with E-state index in [0.29, 0.717) is 12.1 Å². The summed E-state index contributed by atoms with van der Waals surface area (Å²) in [5, 5.41) is 9.73. The van der Waals surface area contributed by atoms with Gasteiger partial charge in [0.1, 0.15) is 11.6 Å². The number of rotatable bonds is 3. The molecule has 100 valence electrons. The van der Waals surface area contributed by atoms with Crippen molar-refractivity contribution < 1.29 is 14.2 Å². The number of nitrogens with zero attached hydrogens (tertiary/aromatic N) is 1. The van der Waals surface area contributed by atoms with E-state index in [9.17, 15) is 9.50 Å². The Kier molecular flexibility index (Phi) is 3.88. The summed E-state index contributed by atoms with van der Waals surface area (Å²) < 4.78 is 18.7. The molecule has 1 aromatic carbocycles. The van der Waals surface area contributed by atoms with Crippen molar-refractivity contribution in [2.24, 2.45) is 0 Å². The largest absolute Gasteiger partial charge is 0.508 e. The Morgan fingerprint density at radius 1 is 1.50 bits per heavy atom. The molecule has 2 rings (SSSR count). The zero-order valence-corrected chi connectivity index (χ0v) is 10.9. The summed E-state index contributed by atoms with van der Waals surface area (Å²) in [6, 6.07) is 4.08. The fraction of sp³-hybridized carbons (Fsp3) is 0.571. The van der Waals surface area contributed by atoms with Gasteiger partial charge in [0.25, 0.3) is 0 Å². The molecule has 0 saturated carbocycles. The third-order valence-corrected chi connectivity index (χ3v) is 3.67. The van der Waals surface area contributed by atoms with Crippen LogP contribution in [0.3, 0.4) is 0 Å². The maximum atomic E-state index is 13.2. The highest BCUT2D eigenvalue weighted by Gasteiger charge is 2.30. The summed E-state index contributed by atoms with van der Waals surface area (Å²) in [4.78, 5) is 2.20. The number of hydrogen-bond donors (Lipinski definition) is 1. The Morgan fingerprint density at radius 3 is 3.00 bits per heavy atom. The number of hydrogen-bond acceptors (Lipinski definition) is 3. The van der Waals surface area contributed by atoms with E-state index in [4.69, 9.17) is 4.74 Å². The van der Waals surface area contributed by atoms with Gasteiger partial charge in [-0.1, -0.05) is 0 Å². The number of likely N-dealkylation sites (tertiary alicyclic amines) is 1. The van der Waals surface area contributed by atoms with Crippen LogP contribution in [0, 0.1) is 5.82 Å². The van der Waals surface area contributed by atoms with Crippen LogP contribution in [0.2, 0.25) is 0 Å². The minimum atomic E-state index is -0.311. The van der Waals surface area contributed by atoms with Crippen LogP contribution in [0.15, 0.2) is 18.2 Å². The second-order valence-electron chi connectivity index (χ2n) is 5.24. The molecule has 18 heavy (non-hydrogen) atoms. The summed E-state index contributed by atoms with van der Waals surface area (Å²) in [6.45, 7) is 4.40. The lowest BCUT2D eigenvalue weighted by Crippen LogP contribution is -2.46. The normalized spacial score (nSPS) is 25.3. The summed E-state index contributed by atoms with van der Waals surface area (Å²) in [7, 11) is 1.73. The Bertz CT molecular complexity index is 424. The monoisotopic (exact) mass is 253 g/mol. The average Bonchev–Trinajstić information content (AvgIpc) is 2.34. The van der Waals surface area contributed by atoms with E-state index in [-0.39, 0.29) is 17.2 Å². The first-order valence-electron chi connectivity index (χ1n) is 6.27. The maximum absolute atomic E-state index is 13.2. The van der Waals surface area contributed by atoms with Gasteiger partial charge in [0.05, 0.1) is 5.60 Å². The van der Waals surface area contributed by atoms with Crippen molar-refractivity contribution in [3.63, 3.8) is 0 Å². The lowest BCUT2D eigenvalue weighted by molar-refractivity contribution is -0.0528. The van der Waals surface area contributed by atoms with Crippen molar-refractivity contribution in [1.82, 2.24) is 4.90 Å². The molecule has 1 fully saturated rings. The van der Waals surface area contributed by atoms with Gasteiger partial charge in [0.2, 0.25) is 0 Å². The quantitative estimate of drug-likeness (QED) is 0.898. The highest BCUT2D eigenvalue weighted by molar-refractivity contribution is 5.32. The molecular formula is C14H20FNO2. The molecule has 0 bridgehead atoms. The van der Waals surface area contributed by atoms with Gasteiger partial charge in [-0.3, -0.25) is 4.90 Å². The van der Waals surface area contributed by atoms with Crippen LogP contribution in [-0.2, 0) is 11.3 Å². The van der Waals surface area contributed by atoms with Crippen LogP contribution >= 0.6 is 0 Å². The molecule has 0 amide bonds. The minimum Gasteiger partial charge on any atom is -0.508 e. The molecule has 1 aliphatic heterocycles. The molecule has 1 N–H and O–H groups in total. The fourth-order valence-corrected chi connectivity index (χ4v) is 2.53. The molecule has 1 atom stereocenters. The van der Waals surface area contributed by atoms with E-state index >= 15 is 0 Å². The van der Waals surface area contributed by atoms with Crippen molar-refractivity contribution in [3.8, 4) is 5.75 Å². The Hall–Kier alpha value is -1.13. The van der Waals surface area contributed by atoms with Crippen molar-refractivity contribution in [3.05, 3.63) is 29.6 Å². The third kappa shape index (κ3) is 3.00. The zero-order chi connectivity index (χ0) is 13.2. The number of phenolic OH excluding ortho intramolecular Hbond substituents is 1. The van der Waals surface area contributed by atoms with Gasteiger partial charge >= 0.3 is 0 Å². The molecule has 0 radical (unpaired) electrons. The molecule has 3 nitrogen and oxygen atoms in total. The maximum Gasteiger partial charge on any atom is 0.123 e. The number of piperidine rings is 1. The van der Waals surface area contributed by atoms with Crippen LogP contribution in [0.4, 0.5) is 4.39 Å². The SMILES string of the molecule is COC1(C)CCCN(Cc2cc(F)ccc2O)C1. The van der Waals surface area contributed by atoms with Gasteiger partial charge in [-0.2, -0.15) is 0 Å². The van der Waals surface area contributed by atoms with Crippen molar-refractivity contribution in [2.45, 2.75) is 31.9 Å². The van der Waals surface area contributed by atoms with E-state index < -0.39 is 0 Å². The Morgan fingerprint density at radius 2 is 2.28 bits per heavy atom. The minimum absolute atomic E-state index is 0.138. The van der Waals surface area contributed by atoms with Gasteiger partial charge in [-0.05, 0) is 44.5 Å². The summed E-state index contributed by atoms with van der Waals surface area (Å²) in [5.41, 5.74) is 0.497. The molecular weight excluding hydrogens is 233 g/mol. The van der Waals surface area contributed by atoms with Crippen molar-refractivity contribution in [2.75, 3.05) is 20.2 Å². The van der Waals surface area contributed by atoms with Crippen LogP contribution in [-0.4, -0.2) is 35.8 Å². The Labute approximate surface area is 107 Å². The van der Waals surface area contributed by atoms with Crippen LogP contribution in [0.5, 0.6) is 5.75 Å². The summed E-state index contributed by atoms with van der Waals surface area (Å²) in [6.07, 6.45) is 2.09. The van der Waals surface area contributed by atoms with Gasteiger partial charge in [0.15, 0.2) is 0 Å². The molecule has 0 aromatic heterocycles. The van der Waals surface area contributed by atoms with Gasteiger partial charge in [-0.25, -0.2) is 4.39 Å². The second-order valence-corrected chi connectivity index (χ2v) is 5.24. The van der Waals surface area contributed by atoms with Crippen molar-refractivity contribution in [1.29, 1.82) is 0 Å². The standard InChI is InChI=1S/C14H20FNO2/c1-14(18-2)6-3-7-16(10-14)9-11-8-12(15)4-5-13(11)17/h4-5,8,17H,3,6-7,9-10H2,1-2H3. The van der Waals surface area contributed by atoms with E-state index in [1.54, 1.807) is 7.11 Å². The summed E-state index contributed by atoms with van der Waals surface area (Å²) >= 11 is 0. The van der Waals surface area contributed by atoms with Crippen LogP contribution < -0.4 is 0 Å². The van der Waals surface area contributed by atoms with Crippen molar-refractivity contribution >= 4 is 0 Å². The molecule has 0 spiro atoms. The zero-order valence-electron chi connectivity index (χ0n) is 10.9. The molecule has 0 aliphatic carbocycles. The summed E-state index contributed by atoms with van der Waals surface area (Å²) in [5.74, 6) is -0.157. The lowest BCUT2D eigenvalue weighted by Gasteiger charge is -2.39. The molecule has 1 aromatic rings. The fourth-order valence-electron chi connectivity index (χ4n) is 2.53. The van der Waals surface area contributed by atoms with E-state index in [0.717, 1.165) is 25.9 Å². The lowest BCUT2D eigenvalue weighted by atomic mass is 9.94. The highest BCUT2D eigenvalue weighted by atomic mass is 19.1. The first-order chi connectivity index (χ1) is 8.52. The van der Waals surface area contributed by atoms with Gasteiger partial charge < -0.3 is 9.84 Å². The van der Waals surface area contributed by atoms with Crippen LogP contribution in [0.25, 0.3) is 0 Å². The number of methoxy groups -OCH3 is 1. The smallest absolute Gasteiger partial charge is 0.123 e. The van der Waals surface area contributed by atoms with E-state index in [1.165, 1.54) is 18.2 Å². The molecule has 1 aliphatic rings. The second kappa shape index (κ2) is 5.24. The Balaban J connectivity index is 2.07. The molecule has 4 heteroatoms. The topological polar surface area (TPSA) is 32.7 Å².